The van der Waals surface area contributed by atoms with E-state index in [-0.39, 0.29) is 4.91 Å². The van der Waals surface area contributed by atoms with Gasteiger partial charge in [0.05, 0.1) is 13.7 Å². The summed E-state index contributed by atoms with van der Waals surface area (Å²) in [6.07, 6.45) is 0. The number of benzene rings is 2. The molecule has 0 saturated carbocycles. The molecular formula is C18H17BrN2O3S. The molecule has 1 aliphatic rings. The van der Waals surface area contributed by atoms with Gasteiger partial charge in [-0.25, -0.2) is 8.42 Å². The van der Waals surface area contributed by atoms with Gasteiger partial charge in [-0.3, -0.25) is 9.71 Å². The standard InChI is InChI=1S/C18H17BrN2O3S/c1-12-17(14-4-3-5-15(19)10-14)25(22,23)21-18(12)20-11-13-6-8-16(24-2)9-7-13/h3-10H,11H2,1-2H3,(H,20,21). The number of sulfonamides is 1. The van der Waals surface area contributed by atoms with Crippen LogP contribution in [0.2, 0.25) is 0 Å². The normalized spacial score (nSPS) is 17.6. The van der Waals surface area contributed by atoms with Crippen LogP contribution in [0.5, 0.6) is 5.75 Å². The van der Waals surface area contributed by atoms with Gasteiger partial charge in [0.1, 0.15) is 16.5 Å². The lowest BCUT2D eigenvalue weighted by atomic mass is 10.1. The summed E-state index contributed by atoms with van der Waals surface area (Å²) < 4.78 is 33.5. The monoisotopic (exact) mass is 420 g/mol. The van der Waals surface area contributed by atoms with Gasteiger partial charge >= 0.3 is 0 Å². The molecule has 130 valence electrons. The molecule has 2 aromatic carbocycles. The molecule has 25 heavy (non-hydrogen) atoms. The van der Waals surface area contributed by atoms with E-state index in [1.165, 1.54) is 0 Å². The van der Waals surface area contributed by atoms with E-state index in [9.17, 15) is 8.42 Å². The van der Waals surface area contributed by atoms with Crippen molar-refractivity contribution in [3.63, 3.8) is 0 Å². The minimum atomic E-state index is -3.61. The number of halogens is 1. The van der Waals surface area contributed by atoms with Crippen molar-refractivity contribution >= 4 is 36.7 Å². The zero-order chi connectivity index (χ0) is 18.0. The lowest BCUT2D eigenvalue weighted by Gasteiger charge is -2.03. The molecule has 0 aromatic heterocycles. The zero-order valence-electron chi connectivity index (χ0n) is 13.8. The highest BCUT2D eigenvalue weighted by Crippen LogP contribution is 2.31. The number of aliphatic imine (C=N–C) groups is 1. The van der Waals surface area contributed by atoms with Crippen molar-refractivity contribution in [2.24, 2.45) is 4.99 Å². The van der Waals surface area contributed by atoms with Gasteiger partial charge in [-0.15, -0.1) is 0 Å². The van der Waals surface area contributed by atoms with E-state index in [1.807, 2.05) is 36.4 Å². The molecule has 0 bridgehead atoms. The Bertz CT molecular complexity index is 964. The predicted molar refractivity (Wildman–Crippen MR) is 103 cm³/mol. The highest BCUT2D eigenvalue weighted by atomic mass is 79.9. The molecular weight excluding hydrogens is 404 g/mol. The Hall–Kier alpha value is -2.12. The van der Waals surface area contributed by atoms with Crippen LogP contribution in [0.3, 0.4) is 0 Å². The highest BCUT2D eigenvalue weighted by Gasteiger charge is 2.32. The van der Waals surface area contributed by atoms with E-state index in [0.29, 0.717) is 23.5 Å². The van der Waals surface area contributed by atoms with Crippen LogP contribution in [0, 0.1) is 0 Å². The SMILES string of the molecule is COc1ccc(CN=C2NS(=O)(=O)C(c3cccc(Br)c3)=C2C)cc1. The van der Waals surface area contributed by atoms with Gasteiger partial charge in [-0.05, 0) is 42.3 Å². The van der Waals surface area contributed by atoms with Gasteiger partial charge < -0.3 is 4.74 Å². The lowest BCUT2D eigenvalue weighted by molar-refractivity contribution is 0.414. The van der Waals surface area contributed by atoms with E-state index in [1.54, 1.807) is 26.2 Å². The van der Waals surface area contributed by atoms with Gasteiger partial charge in [-0.2, -0.15) is 0 Å². The number of methoxy groups -OCH3 is 1. The molecule has 0 saturated heterocycles. The molecule has 0 fully saturated rings. The quantitative estimate of drug-likeness (QED) is 0.819. The zero-order valence-corrected chi connectivity index (χ0v) is 16.2. The number of nitrogens with zero attached hydrogens (tertiary/aromatic N) is 1. The Morgan fingerprint density at radius 1 is 1.16 bits per heavy atom. The number of hydrogen-bond acceptors (Lipinski definition) is 4. The van der Waals surface area contributed by atoms with Crippen LogP contribution in [0.1, 0.15) is 18.1 Å². The van der Waals surface area contributed by atoms with Crippen LogP contribution in [0.15, 0.2) is 63.6 Å². The summed E-state index contributed by atoms with van der Waals surface area (Å²) in [5.41, 5.74) is 2.22. The predicted octanol–water partition coefficient (Wildman–Crippen LogP) is 3.72. The third kappa shape index (κ3) is 3.77. The third-order valence-corrected chi connectivity index (χ3v) is 5.90. The third-order valence-electron chi connectivity index (χ3n) is 3.86. The van der Waals surface area contributed by atoms with Crippen LogP contribution >= 0.6 is 15.9 Å². The molecule has 1 aliphatic heterocycles. The average Bonchev–Trinajstić information content (AvgIpc) is 2.82. The summed E-state index contributed by atoms with van der Waals surface area (Å²) in [4.78, 5) is 4.71. The molecule has 0 unspecified atom stereocenters. The minimum Gasteiger partial charge on any atom is -0.497 e. The molecule has 0 amide bonds. The smallest absolute Gasteiger partial charge is 0.264 e. The van der Waals surface area contributed by atoms with E-state index in [2.05, 4.69) is 25.6 Å². The first kappa shape index (κ1) is 17.7. The first-order chi connectivity index (χ1) is 11.9. The largest absolute Gasteiger partial charge is 0.497 e. The van der Waals surface area contributed by atoms with Crippen molar-refractivity contribution in [1.29, 1.82) is 0 Å². The second-order valence-electron chi connectivity index (χ2n) is 5.58. The fourth-order valence-corrected chi connectivity index (χ4v) is 4.53. The molecule has 0 atom stereocenters. The Morgan fingerprint density at radius 3 is 2.52 bits per heavy atom. The molecule has 3 rings (SSSR count). The fraction of sp³-hybridized carbons (Fsp3) is 0.167. The number of hydrogen-bond donors (Lipinski definition) is 1. The summed E-state index contributed by atoms with van der Waals surface area (Å²) >= 11 is 3.38. The molecule has 0 spiro atoms. The summed E-state index contributed by atoms with van der Waals surface area (Å²) in [5.74, 6) is 1.15. The average molecular weight is 421 g/mol. The number of ether oxygens (including phenoxy) is 1. The molecule has 0 aliphatic carbocycles. The maximum Gasteiger partial charge on any atom is 0.264 e. The Morgan fingerprint density at radius 2 is 1.88 bits per heavy atom. The van der Waals surface area contributed by atoms with Crippen LogP contribution in [0.25, 0.3) is 4.91 Å². The molecule has 2 aromatic rings. The molecule has 7 heteroatoms. The Kier molecular flexibility index (Phi) is 4.96. The maximum absolute atomic E-state index is 12.5. The van der Waals surface area contributed by atoms with Crippen LogP contribution in [0.4, 0.5) is 0 Å². The topological polar surface area (TPSA) is 67.8 Å². The van der Waals surface area contributed by atoms with Crippen molar-refractivity contribution in [3.8, 4) is 5.75 Å². The maximum atomic E-state index is 12.5. The molecule has 5 nitrogen and oxygen atoms in total. The fourth-order valence-electron chi connectivity index (χ4n) is 2.62. The second-order valence-corrected chi connectivity index (χ2v) is 8.12. The Balaban J connectivity index is 1.92. The highest BCUT2D eigenvalue weighted by molar-refractivity contribution is 9.10. The van der Waals surface area contributed by atoms with Crippen molar-refractivity contribution < 1.29 is 13.2 Å². The van der Waals surface area contributed by atoms with Gasteiger partial charge in [0.15, 0.2) is 0 Å². The summed E-state index contributed by atoms with van der Waals surface area (Å²) in [6.45, 7) is 2.14. The first-order valence-corrected chi connectivity index (χ1v) is 9.86. The number of amidine groups is 1. The lowest BCUT2D eigenvalue weighted by Crippen LogP contribution is -2.23. The number of nitrogens with one attached hydrogen (secondary N) is 1. The molecule has 0 radical (unpaired) electrons. The van der Waals surface area contributed by atoms with Gasteiger partial charge in [0.25, 0.3) is 10.0 Å². The van der Waals surface area contributed by atoms with Crippen molar-refractivity contribution in [2.45, 2.75) is 13.5 Å². The summed E-state index contributed by atoms with van der Waals surface area (Å²) in [6, 6.07) is 14.7. The van der Waals surface area contributed by atoms with Gasteiger partial charge in [0, 0.05) is 10.0 Å². The Labute approximate surface area is 155 Å². The minimum absolute atomic E-state index is 0.266. The second kappa shape index (κ2) is 7.01. The van der Waals surface area contributed by atoms with E-state index in [4.69, 9.17) is 4.74 Å². The number of rotatable bonds is 4. The summed E-state index contributed by atoms with van der Waals surface area (Å²) in [5, 5.41) is 0. The van der Waals surface area contributed by atoms with Gasteiger partial charge in [-0.1, -0.05) is 40.2 Å². The van der Waals surface area contributed by atoms with Gasteiger partial charge in [0.2, 0.25) is 0 Å². The summed E-state index contributed by atoms with van der Waals surface area (Å²) in [7, 11) is -2.00. The van der Waals surface area contributed by atoms with E-state index < -0.39 is 10.0 Å². The van der Waals surface area contributed by atoms with Crippen molar-refractivity contribution in [2.75, 3.05) is 7.11 Å². The van der Waals surface area contributed by atoms with Crippen molar-refractivity contribution in [3.05, 3.63) is 69.7 Å². The molecule has 1 heterocycles. The van der Waals surface area contributed by atoms with E-state index >= 15 is 0 Å². The van der Waals surface area contributed by atoms with Crippen LogP contribution in [-0.4, -0.2) is 21.4 Å². The van der Waals surface area contributed by atoms with Crippen molar-refractivity contribution in [1.82, 2.24) is 4.72 Å². The molecule has 1 N–H and O–H groups in total. The first-order valence-electron chi connectivity index (χ1n) is 7.58. The van der Waals surface area contributed by atoms with E-state index in [0.717, 1.165) is 15.8 Å². The van der Waals surface area contributed by atoms with Crippen LogP contribution < -0.4 is 9.46 Å². The van der Waals surface area contributed by atoms with Crippen LogP contribution in [-0.2, 0) is 16.6 Å².